The van der Waals surface area contributed by atoms with Gasteiger partial charge < -0.3 is 9.97 Å². The van der Waals surface area contributed by atoms with Crippen LogP contribution in [0.4, 0.5) is 0 Å². The summed E-state index contributed by atoms with van der Waals surface area (Å²) in [6.45, 7) is 0. The van der Waals surface area contributed by atoms with Gasteiger partial charge in [0.15, 0.2) is 0 Å². The van der Waals surface area contributed by atoms with Gasteiger partial charge in [0.1, 0.15) is 0 Å². The van der Waals surface area contributed by atoms with E-state index in [1.165, 1.54) is 0 Å². The standard InChI is InChI=1S/C30H18N2.Pd/c1-4-12-25-22(9-1)17-19-29-27-14-6-3-10-23(27)20-30(32-29)26-13-5-2-8-21(26)16-18-24-11-7-15-28(25)31-24;/h1-15,18-20H;/q-2;+2. The monoisotopic (exact) mass is 512 g/mol. The number of rotatable bonds is 0. The van der Waals surface area contributed by atoms with Gasteiger partial charge in [0, 0.05) is 11.0 Å². The summed E-state index contributed by atoms with van der Waals surface area (Å²) in [4.78, 5) is 9.91. The molecule has 0 atom stereocenters. The molecule has 0 unspecified atom stereocenters. The number of nitrogens with zero attached hydrogens (tertiary/aromatic N) is 2. The topological polar surface area (TPSA) is 25.8 Å². The summed E-state index contributed by atoms with van der Waals surface area (Å²) in [6, 6.07) is 43.9. The number of hydrogen-bond acceptors (Lipinski definition) is 2. The van der Waals surface area contributed by atoms with E-state index in [1.54, 1.807) is 0 Å². The average molecular weight is 513 g/mol. The molecule has 33 heavy (non-hydrogen) atoms. The van der Waals surface area contributed by atoms with E-state index in [1.807, 2.05) is 60.7 Å². The first-order valence-electron chi connectivity index (χ1n) is 10.6. The molecule has 3 aromatic carbocycles. The maximum absolute atomic E-state index is 5.04. The van der Waals surface area contributed by atoms with Crippen molar-refractivity contribution in [1.82, 2.24) is 9.97 Å². The van der Waals surface area contributed by atoms with Crippen LogP contribution in [0.15, 0.2) is 109 Å². The molecule has 6 rings (SSSR count). The minimum absolute atomic E-state index is 0. The second kappa shape index (κ2) is 9.08. The van der Waals surface area contributed by atoms with Crippen LogP contribution in [0, 0.1) is 12.1 Å². The van der Waals surface area contributed by atoms with Crippen molar-refractivity contribution in [3.8, 4) is 0 Å². The van der Waals surface area contributed by atoms with Gasteiger partial charge in [-0.2, -0.15) is 0 Å². The van der Waals surface area contributed by atoms with E-state index in [2.05, 4.69) is 60.7 Å². The van der Waals surface area contributed by atoms with E-state index in [9.17, 15) is 0 Å². The zero-order valence-electron chi connectivity index (χ0n) is 17.6. The number of pyridine rings is 2. The first kappa shape index (κ1) is 21.2. The van der Waals surface area contributed by atoms with Crippen LogP contribution < -0.4 is 0 Å². The number of fused-ring (bicyclic) bond motifs is 10. The third-order valence-corrected chi connectivity index (χ3v) is 5.69. The molecule has 0 aliphatic rings. The Bertz CT molecular complexity index is 1730. The van der Waals surface area contributed by atoms with Crippen LogP contribution >= 0.6 is 0 Å². The van der Waals surface area contributed by atoms with Gasteiger partial charge in [-0.15, -0.1) is 59.3 Å². The Hall–Kier alpha value is -3.64. The summed E-state index contributed by atoms with van der Waals surface area (Å²) in [5.74, 6) is 0. The molecule has 0 aliphatic heterocycles. The summed E-state index contributed by atoms with van der Waals surface area (Å²) in [7, 11) is 0. The van der Waals surface area contributed by atoms with Gasteiger partial charge in [-0.3, -0.25) is 0 Å². The summed E-state index contributed by atoms with van der Waals surface area (Å²) in [5.41, 5.74) is 3.58. The van der Waals surface area contributed by atoms with Crippen LogP contribution in [0.5, 0.6) is 0 Å². The second-order valence-electron chi connectivity index (χ2n) is 7.73. The molecule has 0 N–H and O–H groups in total. The van der Waals surface area contributed by atoms with E-state index in [0.29, 0.717) is 0 Å². The first-order chi connectivity index (χ1) is 15.8. The van der Waals surface area contributed by atoms with Crippen molar-refractivity contribution >= 4 is 54.4 Å². The summed E-state index contributed by atoms with van der Waals surface area (Å²) >= 11 is 0. The van der Waals surface area contributed by atoms with Crippen molar-refractivity contribution in [3.05, 3.63) is 121 Å². The van der Waals surface area contributed by atoms with Crippen molar-refractivity contribution in [3.63, 3.8) is 0 Å². The fraction of sp³-hybridized carbons (Fsp3) is 0. The van der Waals surface area contributed by atoms with Gasteiger partial charge in [-0.1, -0.05) is 71.4 Å². The van der Waals surface area contributed by atoms with Crippen LogP contribution in [0.2, 0.25) is 0 Å². The van der Waals surface area contributed by atoms with Gasteiger partial charge in [-0.05, 0) is 33.9 Å². The molecule has 3 heterocycles. The molecule has 2 nitrogen and oxygen atoms in total. The Morgan fingerprint density at radius 1 is 0.485 bits per heavy atom. The third-order valence-electron chi connectivity index (χ3n) is 5.69. The largest absolute Gasteiger partial charge is 2.00 e. The maximum Gasteiger partial charge on any atom is 2.00 e. The van der Waals surface area contributed by atoms with E-state index in [4.69, 9.17) is 9.97 Å². The van der Waals surface area contributed by atoms with Crippen LogP contribution in [-0.2, 0) is 20.4 Å². The average Bonchev–Trinajstić information content (AvgIpc) is 2.86. The van der Waals surface area contributed by atoms with Crippen molar-refractivity contribution < 1.29 is 20.4 Å². The molecule has 158 valence electrons. The van der Waals surface area contributed by atoms with Gasteiger partial charge in [-0.25, -0.2) is 0 Å². The SMILES string of the molecule is [Pd+2].[c-]1cc2nc(cc3ccccc32)c2ccccc2[c-]cc2cccc(n2)c2ccccc12. The molecule has 0 saturated heterocycles. The number of benzene rings is 3. The molecule has 6 aromatic rings. The van der Waals surface area contributed by atoms with Crippen LogP contribution in [0.1, 0.15) is 0 Å². The van der Waals surface area contributed by atoms with E-state index >= 15 is 0 Å². The van der Waals surface area contributed by atoms with Crippen molar-refractivity contribution in [1.29, 1.82) is 0 Å². The first-order valence-corrected chi connectivity index (χ1v) is 10.6. The van der Waals surface area contributed by atoms with Gasteiger partial charge in [0.05, 0.1) is 0 Å². The van der Waals surface area contributed by atoms with Crippen molar-refractivity contribution in [2.45, 2.75) is 0 Å². The normalized spacial score (nSPS) is 10.8. The Morgan fingerprint density at radius 2 is 1.12 bits per heavy atom. The third kappa shape index (κ3) is 4.10. The molecule has 4 bridgehead atoms. The van der Waals surface area contributed by atoms with E-state index in [0.717, 1.165) is 54.4 Å². The summed E-state index contributed by atoms with van der Waals surface area (Å²) in [5, 5.41) is 6.30. The predicted octanol–water partition coefficient (Wildman–Crippen LogP) is 7.53. The molecule has 0 amide bonds. The van der Waals surface area contributed by atoms with Gasteiger partial charge in [0.25, 0.3) is 0 Å². The Morgan fingerprint density at radius 3 is 1.91 bits per heavy atom. The van der Waals surface area contributed by atoms with Crippen LogP contribution in [0.3, 0.4) is 0 Å². The molecule has 0 fully saturated rings. The van der Waals surface area contributed by atoms with E-state index in [-0.39, 0.29) is 20.4 Å². The Kier molecular flexibility index (Phi) is 5.84. The molecule has 3 aromatic heterocycles. The number of hydrogen-bond donors (Lipinski definition) is 0. The number of aromatic nitrogens is 2. The predicted molar refractivity (Wildman–Crippen MR) is 134 cm³/mol. The minimum atomic E-state index is 0. The molecule has 3 heteroatoms. The molecular formula is C30H18N2Pd. The molecule has 0 aliphatic carbocycles. The van der Waals surface area contributed by atoms with Crippen molar-refractivity contribution in [2.24, 2.45) is 0 Å². The minimum Gasteiger partial charge on any atom is -0.306 e. The molecule has 0 saturated carbocycles. The van der Waals surface area contributed by atoms with Gasteiger partial charge >= 0.3 is 20.4 Å². The zero-order chi connectivity index (χ0) is 21.3. The quantitative estimate of drug-likeness (QED) is 0.155. The van der Waals surface area contributed by atoms with Crippen LogP contribution in [0.25, 0.3) is 54.4 Å². The van der Waals surface area contributed by atoms with E-state index < -0.39 is 0 Å². The summed E-state index contributed by atoms with van der Waals surface area (Å²) in [6.07, 6.45) is 0. The fourth-order valence-corrected chi connectivity index (χ4v) is 4.12. The summed E-state index contributed by atoms with van der Waals surface area (Å²) < 4.78 is 0. The second-order valence-corrected chi connectivity index (χ2v) is 7.73. The zero-order valence-corrected chi connectivity index (χ0v) is 19.2. The van der Waals surface area contributed by atoms with Gasteiger partial charge in [0.2, 0.25) is 0 Å². The smallest absolute Gasteiger partial charge is 0.306 e. The molecule has 0 spiro atoms. The fourth-order valence-electron chi connectivity index (χ4n) is 4.12. The Balaban J connectivity index is 0.00000228. The Labute approximate surface area is 205 Å². The molecular weight excluding hydrogens is 495 g/mol. The maximum atomic E-state index is 5.04. The van der Waals surface area contributed by atoms with Crippen LogP contribution in [-0.4, -0.2) is 9.97 Å². The van der Waals surface area contributed by atoms with Crippen molar-refractivity contribution in [2.75, 3.05) is 0 Å². The molecule has 0 radical (unpaired) electrons.